The van der Waals surface area contributed by atoms with Crippen molar-refractivity contribution < 1.29 is 9.52 Å². The number of furan rings is 1. The molecule has 8 heteroatoms. The molecular formula is C44H34B6O2. The topological polar surface area (TPSA) is 33.4 Å². The smallest absolute Gasteiger partial charge is 0.143 e. The molecule has 9 rings (SSSR count). The van der Waals surface area contributed by atoms with Gasteiger partial charge >= 0.3 is 0 Å². The maximum atomic E-state index is 9.92. The normalized spacial score (nSPS) is 11.6. The summed E-state index contributed by atoms with van der Waals surface area (Å²) in [6.07, 6.45) is 0. The third-order valence-electron chi connectivity index (χ3n) is 11.2. The SMILES string of the molecule is Bc1cc2c(-c3ccccc3)c3cc(B)c(B)cc3c(-c3cc(B)c(-c4cccc5c4oc4c(-c6ccc(O)cc6)cccc45)cc3B)c2cc1B. The molecule has 0 saturated carbocycles. The highest BCUT2D eigenvalue weighted by Gasteiger charge is 2.22. The molecule has 0 unspecified atom stereocenters. The van der Waals surface area contributed by atoms with Crippen molar-refractivity contribution in [2.24, 2.45) is 0 Å². The lowest BCUT2D eigenvalue weighted by atomic mass is 9.71. The zero-order chi connectivity index (χ0) is 35.8. The van der Waals surface area contributed by atoms with Crippen molar-refractivity contribution in [2.75, 3.05) is 0 Å². The highest BCUT2D eigenvalue weighted by atomic mass is 16.3. The second-order valence-electron chi connectivity index (χ2n) is 14.6. The fourth-order valence-corrected chi connectivity index (χ4v) is 8.23. The number of hydrogen-bond donors (Lipinski definition) is 1. The van der Waals surface area contributed by atoms with Crippen molar-refractivity contribution in [3.63, 3.8) is 0 Å². The number of aromatic hydroxyl groups is 1. The third kappa shape index (κ3) is 5.04. The van der Waals surface area contributed by atoms with Crippen LogP contribution in [0.2, 0.25) is 0 Å². The lowest BCUT2D eigenvalue weighted by Gasteiger charge is -2.22. The van der Waals surface area contributed by atoms with Gasteiger partial charge in [0.05, 0.1) is 0 Å². The minimum absolute atomic E-state index is 0.251. The lowest BCUT2D eigenvalue weighted by molar-refractivity contribution is 0.475. The highest BCUT2D eigenvalue weighted by molar-refractivity contribution is 6.52. The van der Waals surface area contributed by atoms with Crippen LogP contribution < -0.4 is 32.8 Å². The summed E-state index contributed by atoms with van der Waals surface area (Å²) in [4.78, 5) is 0. The highest BCUT2D eigenvalue weighted by Crippen LogP contribution is 2.43. The summed E-state index contributed by atoms with van der Waals surface area (Å²) in [5.41, 5.74) is 18.7. The number of phenolic OH excluding ortho intramolecular Hbond substituents is 1. The van der Waals surface area contributed by atoms with Gasteiger partial charge in [0.15, 0.2) is 0 Å². The first kappa shape index (κ1) is 32.2. The zero-order valence-corrected chi connectivity index (χ0v) is 30.5. The van der Waals surface area contributed by atoms with E-state index in [-0.39, 0.29) is 5.75 Å². The Balaban J connectivity index is 1.30. The van der Waals surface area contributed by atoms with Crippen molar-refractivity contribution in [1.82, 2.24) is 0 Å². The second-order valence-corrected chi connectivity index (χ2v) is 14.6. The van der Waals surface area contributed by atoms with Crippen LogP contribution in [0.15, 0.2) is 132 Å². The fourth-order valence-electron chi connectivity index (χ4n) is 8.23. The van der Waals surface area contributed by atoms with E-state index in [1.165, 1.54) is 82.1 Å². The summed E-state index contributed by atoms with van der Waals surface area (Å²) in [6.45, 7) is 0. The van der Waals surface area contributed by atoms with Gasteiger partial charge in [-0.2, -0.15) is 0 Å². The van der Waals surface area contributed by atoms with Crippen LogP contribution in [-0.4, -0.2) is 52.2 Å². The van der Waals surface area contributed by atoms with Crippen LogP contribution in [0.3, 0.4) is 0 Å². The van der Waals surface area contributed by atoms with Gasteiger partial charge in [0, 0.05) is 21.9 Å². The monoisotopic (exact) mass is 660 g/mol. The lowest BCUT2D eigenvalue weighted by Crippen LogP contribution is -2.27. The molecule has 1 heterocycles. The molecule has 1 N–H and O–H groups in total. The number of benzene rings is 8. The van der Waals surface area contributed by atoms with Gasteiger partial charge in [0.1, 0.15) is 64.0 Å². The Kier molecular flexibility index (Phi) is 7.55. The molecule has 0 radical (unpaired) electrons. The van der Waals surface area contributed by atoms with E-state index in [2.05, 4.69) is 150 Å². The number of rotatable bonds is 4. The Morgan fingerprint density at radius 1 is 0.346 bits per heavy atom. The molecule has 52 heavy (non-hydrogen) atoms. The molecule has 240 valence electrons. The molecule has 0 aliphatic carbocycles. The van der Waals surface area contributed by atoms with E-state index >= 15 is 0 Å². The maximum Gasteiger partial charge on any atom is 0.143 e. The molecular weight excluding hydrogens is 625 g/mol. The van der Waals surface area contributed by atoms with Gasteiger partial charge in [0.2, 0.25) is 0 Å². The summed E-state index contributed by atoms with van der Waals surface area (Å²) in [7, 11) is 13.4. The average Bonchev–Trinajstić information content (AvgIpc) is 3.53. The molecule has 8 aromatic carbocycles. The van der Waals surface area contributed by atoms with Gasteiger partial charge in [-0.25, -0.2) is 0 Å². The van der Waals surface area contributed by atoms with E-state index in [1.54, 1.807) is 12.1 Å². The first-order chi connectivity index (χ1) is 25.2. The minimum atomic E-state index is 0.251. The molecule has 0 fully saturated rings. The summed E-state index contributed by atoms with van der Waals surface area (Å²) >= 11 is 0. The summed E-state index contributed by atoms with van der Waals surface area (Å²) in [6, 6.07) is 45.4. The quantitative estimate of drug-likeness (QED) is 0.231. The second kappa shape index (κ2) is 12.2. The molecule has 0 amide bonds. The molecule has 0 saturated heterocycles. The Bertz CT molecular complexity index is 2850. The molecule has 0 spiro atoms. The largest absolute Gasteiger partial charge is 0.508 e. The van der Waals surface area contributed by atoms with Crippen LogP contribution >= 0.6 is 0 Å². The van der Waals surface area contributed by atoms with E-state index in [1.807, 2.05) is 12.1 Å². The third-order valence-corrected chi connectivity index (χ3v) is 11.2. The minimum Gasteiger partial charge on any atom is -0.508 e. The molecule has 0 bridgehead atoms. The molecule has 0 aliphatic rings. The van der Waals surface area contributed by atoms with Crippen molar-refractivity contribution >= 4 is 123 Å². The molecule has 9 aromatic rings. The van der Waals surface area contributed by atoms with Gasteiger partial charge in [-0.05, 0) is 67.1 Å². The summed E-state index contributed by atoms with van der Waals surface area (Å²) in [5.74, 6) is 0.251. The predicted molar refractivity (Wildman–Crippen MR) is 241 cm³/mol. The Morgan fingerprint density at radius 3 is 1.40 bits per heavy atom. The molecule has 1 aromatic heterocycles. The van der Waals surface area contributed by atoms with E-state index in [9.17, 15) is 5.11 Å². The molecule has 0 atom stereocenters. The van der Waals surface area contributed by atoms with Crippen molar-refractivity contribution in [3.05, 3.63) is 127 Å². The van der Waals surface area contributed by atoms with Crippen LogP contribution in [0.4, 0.5) is 0 Å². The van der Waals surface area contributed by atoms with Gasteiger partial charge in [-0.15, -0.1) is 0 Å². The first-order valence-electron chi connectivity index (χ1n) is 18.1. The number of hydrogen-bond acceptors (Lipinski definition) is 2. The maximum absolute atomic E-state index is 9.92. The Labute approximate surface area is 309 Å². The van der Waals surface area contributed by atoms with Gasteiger partial charge in [-0.1, -0.05) is 148 Å². The van der Waals surface area contributed by atoms with Crippen molar-refractivity contribution in [2.45, 2.75) is 0 Å². The average molecular weight is 660 g/mol. The van der Waals surface area contributed by atoms with Gasteiger partial charge in [-0.3, -0.25) is 0 Å². The fraction of sp³-hybridized carbons (Fsp3) is 0. The zero-order valence-electron chi connectivity index (χ0n) is 30.5. The summed E-state index contributed by atoms with van der Waals surface area (Å²) in [5, 5.41) is 17.3. The van der Waals surface area contributed by atoms with E-state index < -0.39 is 0 Å². The predicted octanol–water partition coefficient (Wildman–Crippen LogP) is 1.82. The van der Waals surface area contributed by atoms with E-state index in [4.69, 9.17) is 4.42 Å². The van der Waals surface area contributed by atoms with Crippen LogP contribution in [0.25, 0.3) is 88.0 Å². The first-order valence-corrected chi connectivity index (χ1v) is 18.1. The number of fused-ring (bicyclic) bond motifs is 5. The Hall–Kier alpha value is -5.73. The van der Waals surface area contributed by atoms with Crippen LogP contribution in [0.1, 0.15) is 0 Å². The van der Waals surface area contributed by atoms with Gasteiger partial charge in [0.25, 0.3) is 0 Å². The van der Waals surface area contributed by atoms with E-state index in [0.29, 0.717) is 0 Å². The van der Waals surface area contributed by atoms with Crippen LogP contribution in [0.5, 0.6) is 5.75 Å². The standard InChI is InChI=1S/C44H34B6O2/c45-35-21-34(42-32-19-39(49)37(47)17-30(32)41(23-6-2-1-3-7-23)31-18-38(48)40(50)20-33(31)42)36(46)16-29(35)28-11-5-10-27-26-9-4-8-25(43(26)52-44(27)28)22-12-14-24(51)15-13-22/h1-21,51H,45-50H2. The van der Waals surface area contributed by atoms with E-state index in [0.717, 1.165) is 38.6 Å². The van der Waals surface area contributed by atoms with Crippen LogP contribution in [0, 0.1) is 0 Å². The number of phenols is 1. The summed E-state index contributed by atoms with van der Waals surface area (Å²) < 4.78 is 6.82. The van der Waals surface area contributed by atoms with Gasteiger partial charge < -0.3 is 9.52 Å². The van der Waals surface area contributed by atoms with Crippen molar-refractivity contribution in [1.29, 1.82) is 0 Å². The Morgan fingerprint density at radius 2 is 0.827 bits per heavy atom. The van der Waals surface area contributed by atoms with Crippen LogP contribution in [-0.2, 0) is 0 Å². The number of para-hydroxylation sites is 2. The van der Waals surface area contributed by atoms with Crippen molar-refractivity contribution in [3.8, 4) is 50.3 Å². The molecule has 0 aliphatic heterocycles. The molecule has 2 nitrogen and oxygen atoms in total.